The number of aliphatic hydroxyl groups excluding tert-OH is 2. The Morgan fingerprint density at radius 3 is 2.37 bits per heavy atom. The molecule has 1 saturated carbocycles. The fraction of sp³-hybridized carbons (Fsp3) is 0.952. The number of unbranched alkanes of at least 4 members (excludes halogenated alkanes) is 1. The highest BCUT2D eigenvalue weighted by atomic mass is 32.2. The van der Waals surface area contributed by atoms with Crippen molar-refractivity contribution in [1.29, 1.82) is 0 Å². The third-order valence-electron chi connectivity index (χ3n) is 5.75. The predicted molar refractivity (Wildman–Crippen MR) is 119 cm³/mol. The van der Waals surface area contributed by atoms with Crippen molar-refractivity contribution in [2.45, 2.75) is 103 Å². The Balaban J connectivity index is 2.80. The molecule has 4 atom stereocenters. The van der Waals surface area contributed by atoms with Crippen LogP contribution in [0.2, 0.25) is 0 Å². The standard InChI is InChI=1S/C21H43N3O5S/c1-4-5-11-23-30(28,29)14-19(25)20(26)18(13-16-9-7-6-8-10-16)24-21(27)17(22)12-15(2)3/h15-20,23,25-26H,4-14,22H2,1-3H3,(H,24,27)/t17-,18-,19-,20+/m0/s1. The predicted octanol–water partition coefficient (Wildman–Crippen LogP) is 1.26. The molecule has 30 heavy (non-hydrogen) atoms. The minimum Gasteiger partial charge on any atom is -0.389 e. The van der Waals surface area contributed by atoms with Gasteiger partial charge in [-0.15, -0.1) is 0 Å². The first-order chi connectivity index (χ1) is 14.1. The molecule has 0 aromatic heterocycles. The van der Waals surface area contributed by atoms with Gasteiger partial charge in [0.2, 0.25) is 15.9 Å². The van der Waals surface area contributed by atoms with Gasteiger partial charge in [-0.3, -0.25) is 4.79 Å². The Kier molecular flexibility index (Phi) is 12.4. The summed E-state index contributed by atoms with van der Waals surface area (Å²) in [4.78, 5) is 12.6. The molecule has 0 heterocycles. The van der Waals surface area contributed by atoms with Gasteiger partial charge in [-0.05, 0) is 31.1 Å². The monoisotopic (exact) mass is 449 g/mol. The molecule has 1 rings (SSSR count). The molecule has 0 saturated heterocycles. The van der Waals surface area contributed by atoms with E-state index in [1.54, 1.807) is 0 Å². The molecule has 0 radical (unpaired) electrons. The molecule has 0 unspecified atom stereocenters. The minimum atomic E-state index is -3.72. The second-order valence-corrected chi connectivity index (χ2v) is 11.0. The van der Waals surface area contributed by atoms with Crippen molar-refractivity contribution < 1.29 is 23.4 Å². The van der Waals surface area contributed by atoms with Crippen LogP contribution in [0.25, 0.3) is 0 Å². The van der Waals surface area contributed by atoms with Crippen LogP contribution in [0.1, 0.15) is 78.6 Å². The Morgan fingerprint density at radius 2 is 1.80 bits per heavy atom. The molecule has 1 amide bonds. The molecule has 9 heteroatoms. The normalized spacial score (nSPS) is 20.0. The van der Waals surface area contributed by atoms with Gasteiger partial charge in [-0.1, -0.05) is 59.3 Å². The van der Waals surface area contributed by atoms with E-state index in [1.807, 2.05) is 20.8 Å². The first-order valence-electron chi connectivity index (χ1n) is 11.4. The smallest absolute Gasteiger partial charge is 0.237 e. The first-order valence-corrected chi connectivity index (χ1v) is 13.1. The zero-order valence-corrected chi connectivity index (χ0v) is 19.7. The summed E-state index contributed by atoms with van der Waals surface area (Å²) in [5, 5.41) is 24.0. The van der Waals surface area contributed by atoms with E-state index in [2.05, 4.69) is 10.0 Å². The molecule has 1 aliphatic carbocycles. The second-order valence-electron chi connectivity index (χ2n) is 9.18. The van der Waals surface area contributed by atoms with Crippen molar-refractivity contribution in [2.75, 3.05) is 12.3 Å². The van der Waals surface area contributed by atoms with E-state index >= 15 is 0 Å². The van der Waals surface area contributed by atoms with Crippen LogP contribution in [0.15, 0.2) is 0 Å². The maximum absolute atomic E-state index is 12.6. The van der Waals surface area contributed by atoms with Gasteiger partial charge in [0.15, 0.2) is 0 Å². The van der Waals surface area contributed by atoms with Gasteiger partial charge in [-0.25, -0.2) is 13.1 Å². The van der Waals surface area contributed by atoms with Crippen molar-refractivity contribution in [1.82, 2.24) is 10.0 Å². The molecule has 0 aromatic rings. The average Bonchev–Trinajstić information content (AvgIpc) is 2.66. The van der Waals surface area contributed by atoms with E-state index in [0.717, 1.165) is 32.1 Å². The maximum atomic E-state index is 12.6. The van der Waals surface area contributed by atoms with E-state index in [0.29, 0.717) is 31.7 Å². The molecule has 8 nitrogen and oxygen atoms in total. The summed E-state index contributed by atoms with van der Waals surface area (Å²) in [5.74, 6) is -0.406. The number of amides is 1. The first kappa shape index (κ1) is 27.3. The SMILES string of the molecule is CCCCNS(=O)(=O)C[C@H](O)[C@H](O)[C@H](CC1CCCCC1)NC(=O)[C@@H](N)CC(C)C. The highest BCUT2D eigenvalue weighted by Gasteiger charge is 2.34. The van der Waals surface area contributed by atoms with E-state index in [9.17, 15) is 23.4 Å². The van der Waals surface area contributed by atoms with Crippen LogP contribution in [0.3, 0.4) is 0 Å². The van der Waals surface area contributed by atoms with E-state index in [1.165, 1.54) is 6.42 Å². The van der Waals surface area contributed by atoms with Crippen LogP contribution < -0.4 is 15.8 Å². The number of sulfonamides is 1. The van der Waals surface area contributed by atoms with E-state index in [-0.39, 0.29) is 11.8 Å². The lowest BCUT2D eigenvalue weighted by molar-refractivity contribution is -0.125. The molecule has 1 fully saturated rings. The molecule has 0 spiro atoms. The highest BCUT2D eigenvalue weighted by Crippen LogP contribution is 2.28. The van der Waals surface area contributed by atoms with Crippen LogP contribution in [0, 0.1) is 11.8 Å². The maximum Gasteiger partial charge on any atom is 0.237 e. The van der Waals surface area contributed by atoms with Gasteiger partial charge >= 0.3 is 0 Å². The zero-order chi connectivity index (χ0) is 22.7. The topological polar surface area (TPSA) is 142 Å². The fourth-order valence-corrected chi connectivity index (χ4v) is 5.25. The van der Waals surface area contributed by atoms with Gasteiger partial charge in [0, 0.05) is 6.54 Å². The van der Waals surface area contributed by atoms with Crippen LogP contribution in [0.5, 0.6) is 0 Å². The number of carbonyl (C=O) groups is 1. The average molecular weight is 450 g/mol. The van der Waals surface area contributed by atoms with Gasteiger partial charge in [-0.2, -0.15) is 0 Å². The lowest BCUT2D eigenvalue weighted by Gasteiger charge is -2.33. The molecule has 178 valence electrons. The molecular formula is C21H43N3O5S. The summed E-state index contributed by atoms with van der Waals surface area (Å²) in [5.41, 5.74) is 5.98. The largest absolute Gasteiger partial charge is 0.389 e. The number of hydrogen-bond acceptors (Lipinski definition) is 6. The quantitative estimate of drug-likeness (QED) is 0.253. The van der Waals surface area contributed by atoms with Gasteiger partial charge < -0.3 is 21.3 Å². The number of nitrogens with two attached hydrogens (primary N) is 1. The van der Waals surface area contributed by atoms with E-state index in [4.69, 9.17) is 5.73 Å². The van der Waals surface area contributed by atoms with E-state index < -0.39 is 40.1 Å². The van der Waals surface area contributed by atoms with Gasteiger partial charge in [0.05, 0.1) is 23.9 Å². The number of aliphatic hydroxyl groups is 2. The van der Waals surface area contributed by atoms with Gasteiger partial charge in [0.1, 0.15) is 6.10 Å². The molecule has 1 aliphatic rings. The van der Waals surface area contributed by atoms with Crippen LogP contribution >= 0.6 is 0 Å². The molecule has 6 N–H and O–H groups in total. The van der Waals surface area contributed by atoms with Gasteiger partial charge in [0.25, 0.3) is 0 Å². The number of hydrogen-bond donors (Lipinski definition) is 5. The van der Waals surface area contributed by atoms with Crippen LogP contribution in [-0.4, -0.2) is 61.1 Å². The molecule has 0 aromatic carbocycles. The number of nitrogens with one attached hydrogen (secondary N) is 2. The molecule has 0 bridgehead atoms. The zero-order valence-electron chi connectivity index (χ0n) is 18.8. The second kappa shape index (κ2) is 13.6. The number of rotatable bonds is 14. The Hall–Kier alpha value is -0.740. The van der Waals surface area contributed by atoms with Crippen molar-refractivity contribution in [3.63, 3.8) is 0 Å². The molecule has 0 aliphatic heterocycles. The van der Waals surface area contributed by atoms with Crippen molar-refractivity contribution in [3.8, 4) is 0 Å². The van der Waals surface area contributed by atoms with Crippen LogP contribution in [0.4, 0.5) is 0 Å². The summed E-state index contributed by atoms with van der Waals surface area (Å²) in [6, 6.07) is -1.44. The Labute approximate surface area is 182 Å². The number of carbonyl (C=O) groups excluding carboxylic acids is 1. The minimum absolute atomic E-state index is 0.248. The third kappa shape index (κ3) is 10.5. The lowest BCUT2D eigenvalue weighted by Crippen LogP contribution is -2.55. The summed E-state index contributed by atoms with van der Waals surface area (Å²) in [7, 11) is -3.72. The third-order valence-corrected chi connectivity index (χ3v) is 7.18. The summed E-state index contributed by atoms with van der Waals surface area (Å²) in [6.07, 6.45) is 5.07. The summed E-state index contributed by atoms with van der Waals surface area (Å²) in [6.45, 7) is 6.20. The summed E-state index contributed by atoms with van der Waals surface area (Å²) < 4.78 is 26.8. The lowest BCUT2D eigenvalue weighted by atomic mass is 9.83. The van der Waals surface area contributed by atoms with Crippen molar-refractivity contribution >= 4 is 15.9 Å². The van der Waals surface area contributed by atoms with Crippen LogP contribution in [-0.2, 0) is 14.8 Å². The Morgan fingerprint density at radius 1 is 1.17 bits per heavy atom. The molecular weight excluding hydrogens is 406 g/mol. The summed E-state index contributed by atoms with van der Waals surface area (Å²) >= 11 is 0. The highest BCUT2D eigenvalue weighted by molar-refractivity contribution is 7.89. The van der Waals surface area contributed by atoms with Crippen molar-refractivity contribution in [2.24, 2.45) is 17.6 Å². The Bertz CT molecular complexity index is 593. The van der Waals surface area contributed by atoms with Crippen molar-refractivity contribution in [3.05, 3.63) is 0 Å². The fourth-order valence-electron chi connectivity index (χ4n) is 4.03.